The second-order valence-electron chi connectivity index (χ2n) is 6.55. The molecule has 1 saturated heterocycles. The molecule has 0 bridgehead atoms. The van der Waals surface area contributed by atoms with Crippen LogP contribution in [0.15, 0.2) is 53.3 Å². The predicted octanol–water partition coefficient (Wildman–Crippen LogP) is 3.21. The van der Waals surface area contributed by atoms with Crippen LogP contribution >= 0.6 is 12.2 Å². The van der Waals surface area contributed by atoms with Crippen molar-refractivity contribution in [1.29, 1.82) is 0 Å². The number of aromatic nitrogens is 2. The molecule has 0 unspecified atom stereocenters. The van der Waals surface area contributed by atoms with Gasteiger partial charge in [-0.05, 0) is 54.9 Å². The number of hydrogen-bond donors (Lipinski definition) is 1. The van der Waals surface area contributed by atoms with E-state index in [-0.39, 0.29) is 11.5 Å². The zero-order chi connectivity index (χ0) is 18.1. The lowest BCUT2D eigenvalue weighted by Gasteiger charge is -2.15. The standard InChI is InChI=1S/C20H19N3O2S/c24-18(22-11-3-4-12-22)13-14-7-9-15(10-8-14)23-19(25)16-5-1-2-6-17(16)21-20(23)26/h1-2,5-10H,3-4,11-13H2,(H,21,26). The minimum atomic E-state index is -0.148. The van der Waals surface area contributed by atoms with E-state index in [1.807, 2.05) is 47.4 Å². The summed E-state index contributed by atoms with van der Waals surface area (Å²) < 4.78 is 1.85. The van der Waals surface area contributed by atoms with Gasteiger partial charge in [-0.25, -0.2) is 0 Å². The molecule has 132 valence electrons. The Morgan fingerprint density at radius 2 is 1.73 bits per heavy atom. The summed E-state index contributed by atoms with van der Waals surface area (Å²) in [6.45, 7) is 1.72. The van der Waals surface area contributed by atoms with E-state index in [4.69, 9.17) is 12.2 Å². The number of aromatic amines is 1. The molecule has 5 nitrogen and oxygen atoms in total. The molecule has 0 aliphatic carbocycles. The first-order valence-electron chi connectivity index (χ1n) is 8.75. The van der Waals surface area contributed by atoms with Gasteiger partial charge in [-0.2, -0.15) is 0 Å². The number of benzene rings is 2. The van der Waals surface area contributed by atoms with Gasteiger partial charge >= 0.3 is 0 Å². The van der Waals surface area contributed by atoms with E-state index in [9.17, 15) is 9.59 Å². The normalized spacial score (nSPS) is 14.1. The maximum atomic E-state index is 12.8. The first-order chi connectivity index (χ1) is 12.6. The van der Waals surface area contributed by atoms with Crippen molar-refractivity contribution in [3.05, 3.63) is 69.2 Å². The van der Waals surface area contributed by atoms with Crippen molar-refractivity contribution in [2.24, 2.45) is 0 Å². The number of carbonyl (C=O) groups excluding carboxylic acids is 1. The third kappa shape index (κ3) is 3.08. The average molecular weight is 365 g/mol. The predicted molar refractivity (Wildman–Crippen MR) is 104 cm³/mol. The minimum Gasteiger partial charge on any atom is -0.342 e. The highest BCUT2D eigenvalue weighted by molar-refractivity contribution is 7.71. The number of para-hydroxylation sites is 1. The van der Waals surface area contributed by atoms with Crippen LogP contribution < -0.4 is 5.56 Å². The molecule has 1 N–H and O–H groups in total. The number of rotatable bonds is 3. The number of hydrogen-bond acceptors (Lipinski definition) is 3. The molecule has 0 saturated carbocycles. The lowest BCUT2D eigenvalue weighted by molar-refractivity contribution is -0.129. The second kappa shape index (κ2) is 6.88. The fourth-order valence-electron chi connectivity index (χ4n) is 3.41. The lowest BCUT2D eigenvalue weighted by Crippen LogP contribution is -2.29. The van der Waals surface area contributed by atoms with Gasteiger partial charge in [-0.3, -0.25) is 14.2 Å². The summed E-state index contributed by atoms with van der Waals surface area (Å²) in [5, 5.41) is 0.592. The third-order valence-corrected chi connectivity index (χ3v) is 5.10. The van der Waals surface area contributed by atoms with E-state index in [0.29, 0.717) is 22.3 Å². The van der Waals surface area contributed by atoms with Gasteiger partial charge in [0.25, 0.3) is 5.56 Å². The molecule has 0 radical (unpaired) electrons. The van der Waals surface area contributed by atoms with Crippen molar-refractivity contribution in [1.82, 2.24) is 14.5 Å². The maximum absolute atomic E-state index is 12.8. The second-order valence-corrected chi connectivity index (χ2v) is 6.93. The Morgan fingerprint density at radius 1 is 1.04 bits per heavy atom. The molecule has 4 rings (SSSR count). The molecule has 0 spiro atoms. The smallest absolute Gasteiger partial charge is 0.266 e. The van der Waals surface area contributed by atoms with E-state index in [0.717, 1.165) is 37.0 Å². The molecule has 1 aliphatic rings. The molecule has 1 amide bonds. The van der Waals surface area contributed by atoms with Crippen molar-refractivity contribution in [2.75, 3.05) is 13.1 Å². The van der Waals surface area contributed by atoms with Crippen molar-refractivity contribution in [3.8, 4) is 5.69 Å². The van der Waals surface area contributed by atoms with Gasteiger partial charge < -0.3 is 9.88 Å². The van der Waals surface area contributed by atoms with Gasteiger partial charge in [0.05, 0.1) is 23.0 Å². The zero-order valence-corrected chi connectivity index (χ0v) is 15.1. The number of nitrogens with zero attached hydrogens (tertiary/aromatic N) is 2. The highest BCUT2D eigenvalue weighted by Crippen LogP contribution is 2.14. The van der Waals surface area contributed by atoms with E-state index < -0.39 is 0 Å². The number of likely N-dealkylation sites (tertiary alicyclic amines) is 1. The van der Waals surface area contributed by atoms with E-state index in [2.05, 4.69) is 4.98 Å². The zero-order valence-electron chi connectivity index (χ0n) is 14.3. The molecular formula is C20H19N3O2S. The Balaban J connectivity index is 1.65. The number of carbonyl (C=O) groups is 1. The summed E-state index contributed by atoms with van der Waals surface area (Å²) >= 11 is 5.37. The van der Waals surface area contributed by atoms with Crippen LogP contribution in [0.25, 0.3) is 16.6 Å². The molecule has 3 aromatic rings. The van der Waals surface area contributed by atoms with Crippen molar-refractivity contribution in [3.63, 3.8) is 0 Å². The van der Waals surface area contributed by atoms with Crippen molar-refractivity contribution in [2.45, 2.75) is 19.3 Å². The number of H-pyrrole nitrogens is 1. The summed E-state index contributed by atoms with van der Waals surface area (Å²) in [4.78, 5) is 30.1. The van der Waals surface area contributed by atoms with Gasteiger partial charge in [-0.15, -0.1) is 0 Å². The largest absolute Gasteiger partial charge is 0.342 e. The molecule has 1 fully saturated rings. The summed E-state index contributed by atoms with van der Waals surface area (Å²) in [6.07, 6.45) is 2.57. The van der Waals surface area contributed by atoms with E-state index in [1.165, 1.54) is 4.57 Å². The van der Waals surface area contributed by atoms with E-state index in [1.54, 1.807) is 6.07 Å². The fourth-order valence-corrected chi connectivity index (χ4v) is 3.71. The van der Waals surface area contributed by atoms with E-state index >= 15 is 0 Å². The summed E-state index contributed by atoms with van der Waals surface area (Å²) in [6, 6.07) is 14.8. The van der Waals surface area contributed by atoms with Gasteiger partial charge in [-0.1, -0.05) is 24.3 Å². The Kier molecular flexibility index (Phi) is 4.42. The molecular weight excluding hydrogens is 346 g/mol. The third-order valence-electron chi connectivity index (χ3n) is 4.81. The topological polar surface area (TPSA) is 58.1 Å². The molecule has 26 heavy (non-hydrogen) atoms. The Labute approximate surface area is 155 Å². The molecule has 1 aromatic heterocycles. The average Bonchev–Trinajstić information content (AvgIpc) is 3.18. The van der Waals surface area contributed by atoms with Gasteiger partial charge in [0.15, 0.2) is 4.77 Å². The van der Waals surface area contributed by atoms with Crippen LogP contribution in [0, 0.1) is 4.77 Å². The minimum absolute atomic E-state index is 0.148. The number of amides is 1. The quantitative estimate of drug-likeness (QED) is 0.725. The van der Waals surface area contributed by atoms with Crippen LogP contribution in [-0.2, 0) is 11.2 Å². The summed E-state index contributed by atoms with van der Waals surface area (Å²) in [7, 11) is 0. The van der Waals surface area contributed by atoms with Crippen LogP contribution in [0.1, 0.15) is 18.4 Å². The number of nitrogens with one attached hydrogen (secondary N) is 1. The Morgan fingerprint density at radius 3 is 2.46 bits per heavy atom. The van der Waals surface area contributed by atoms with Gasteiger partial charge in [0, 0.05) is 13.1 Å². The van der Waals surface area contributed by atoms with Crippen LogP contribution in [-0.4, -0.2) is 33.4 Å². The molecule has 1 aliphatic heterocycles. The SMILES string of the molecule is O=C(Cc1ccc(-n2c(=S)[nH]c3ccccc3c2=O)cc1)N1CCCC1. The molecule has 0 atom stereocenters. The number of fused-ring (bicyclic) bond motifs is 1. The van der Waals surface area contributed by atoms with Gasteiger partial charge in [0.1, 0.15) is 0 Å². The highest BCUT2D eigenvalue weighted by atomic mass is 32.1. The first-order valence-corrected chi connectivity index (χ1v) is 9.15. The lowest BCUT2D eigenvalue weighted by atomic mass is 10.1. The van der Waals surface area contributed by atoms with Crippen LogP contribution in [0.3, 0.4) is 0 Å². The molecule has 2 aromatic carbocycles. The maximum Gasteiger partial charge on any atom is 0.266 e. The Bertz CT molecular complexity index is 1080. The Hall–Kier alpha value is -2.73. The summed E-state index contributed by atoms with van der Waals surface area (Å²) in [5.41, 5.74) is 2.21. The van der Waals surface area contributed by atoms with Crippen molar-refractivity contribution >= 4 is 29.0 Å². The molecule has 2 heterocycles. The summed E-state index contributed by atoms with van der Waals surface area (Å²) in [5.74, 6) is 0.162. The van der Waals surface area contributed by atoms with Crippen molar-refractivity contribution < 1.29 is 4.79 Å². The van der Waals surface area contributed by atoms with Gasteiger partial charge in [0.2, 0.25) is 5.91 Å². The first kappa shape index (κ1) is 16.7. The van der Waals surface area contributed by atoms with Crippen LogP contribution in [0.4, 0.5) is 0 Å². The highest BCUT2D eigenvalue weighted by Gasteiger charge is 2.18. The monoisotopic (exact) mass is 365 g/mol. The fraction of sp³-hybridized carbons (Fsp3) is 0.250. The van der Waals surface area contributed by atoms with Crippen LogP contribution in [0.5, 0.6) is 0 Å². The molecule has 6 heteroatoms. The van der Waals surface area contributed by atoms with Crippen LogP contribution in [0.2, 0.25) is 0 Å².